The fourth-order valence-electron chi connectivity index (χ4n) is 3.71. The first-order chi connectivity index (χ1) is 14.6. The number of aromatic amines is 1. The van der Waals surface area contributed by atoms with Gasteiger partial charge in [-0.05, 0) is 18.2 Å². The predicted octanol–water partition coefficient (Wildman–Crippen LogP) is 3.13. The van der Waals surface area contributed by atoms with E-state index in [2.05, 4.69) is 15.0 Å². The van der Waals surface area contributed by atoms with E-state index in [0.717, 1.165) is 5.82 Å². The summed E-state index contributed by atoms with van der Waals surface area (Å²) in [6, 6.07) is 6.78. The standard InChI is InChI=1S/C21H18FN5O3/c1-29-21(28)14-8-24-20(23)19-13(14)7-15(26-19)11-3-2-4-12(18(11)22)16-9-27-5-6-30-10-17(27)25-16/h2-4,7-9,26H,5-6,10H2,1H3,(H2,23,24). The molecular weight excluding hydrogens is 389 g/mol. The van der Waals surface area contributed by atoms with Crippen LogP contribution in [0.4, 0.5) is 10.2 Å². The highest BCUT2D eigenvalue weighted by Crippen LogP contribution is 2.34. The Morgan fingerprint density at radius 3 is 3.00 bits per heavy atom. The quantitative estimate of drug-likeness (QED) is 0.505. The molecule has 30 heavy (non-hydrogen) atoms. The molecule has 1 aliphatic rings. The molecule has 8 nitrogen and oxygen atoms in total. The number of nitrogens with zero attached hydrogens (tertiary/aromatic N) is 3. The molecule has 0 fully saturated rings. The number of nitrogens with two attached hydrogens (primary N) is 1. The van der Waals surface area contributed by atoms with Crippen molar-refractivity contribution in [3.63, 3.8) is 0 Å². The van der Waals surface area contributed by atoms with Gasteiger partial charge in [0.15, 0.2) is 0 Å². The summed E-state index contributed by atoms with van der Waals surface area (Å²) in [6.45, 7) is 1.71. The Morgan fingerprint density at radius 1 is 1.37 bits per heavy atom. The molecular formula is C21H18FN5O3. The first-order valence-electron chi connectivity index (χ1n) is 9.35. The van der Waals surface area contributed by atoms with Crippen molar-refractivity contribution in [3.05, 3.63) is 53.9 Å². The Bertz CT molecular complexity index is 1270. The van der Waals surface area contributed by atoms with Crippen molar-refractivity contribution < 1.29 is 18.7 Å². The summed E-state index contributed by atoms with van der Waals surface area (Å²) in [5.41, 5.74) is 8.40. The number of nitrogen functional groups attached to an aromatic ring is 1. The van der Waals surface area contributed by atoms with Gasteiger partial charge in [0.2, 0.25) is 0 Å². The number of fused-ring (bicyclic) bond motifs is 2. The molecule has 0 spiro atoms. The highest BCUT2D eigenvalue weighted by Gasteiger charge is 2.21. The van der Waals surface area contributed by atoms with Crippen molar-refractivity contribution >= 4 is 22.7 Å². The summed E-state index contributed by atoms with van der Waals surface area (Å²) in [4.78, 5) is 23.7. The third kappa shape index (κ3) is 2.82. The van der Waals surface area contributed by atoms with Crippen LogP contribution in [-0.4, -0.2) is 39.2 Å². The van der Waals surface area contributed by atoms with Crippen molar-refractivity contribution in [1.29, 1.82) is 0 Å². The van der Waals surface area contributed by atoms with E-state index < -0.39 is 11.8 Å². The van der Waals surface area contributed by atoms with Gasteiger partial charge in [0.05, 0.1) is 30.5 Å². The fraction of sp³-hybridized carbons (Fsp3) is 0.190. The number of carbonyl (C=O) groups is 1. The van der Waals surface area contributed by atoms with Crippen molar-refractivity contribution in [1.82, 2.24) is 19.5 Å². The number of nitrogens with one attached hydrogen (secondary N) is 1. The van der Waals surface area contributed by atoms with Gasteiger partial charge >= 0.3 is 5.97 Å². The second kappa shape index (κ2) is 6.96. The number of methoxy groups -OCH3 is 1. The molecule has 0 saturated heterocycles. The number of pyridine rings is 1. The van der Waals surface area contributed by atoms with E-state index in [-0.39, 0.29) is 11.4 Å². The van der Waals surface area contributed by atoms with Crippen molar-refractivity contribution in [2.24, 2.45) is 0 Å². The Balaban J connectivity index is 1.64. The lowest BCUT2D eigenvalue weighted by Gasteiger charge is -2.13. The minimum absolute atomic E-state index is 0.210. The number of esters is 1. The minimum atomic E-state index is -0.543. The lowest BCUT2D eigenvalue weighted by molar-refractivity contribution is 0.0602. The van der Waals surface area contributed by atoms with Crippen LogP contribution >= 0.6 is 0 Å². The average molecular weight is 407 g/mol. The van der Waals surface area contributed by atoms with Gasteiger partial charge in [-0.1, -0.05) is 6.07 Å². The zero-order valence-electron chi connectivity index (χ0n) is 16.1. The monoisotopic (exact) mass is 407 g/mol. The van der Waals surface area contributed by atoms with Crippen molar-refractivity contribution in [2.45, 2.75) is 13.2 Å². The number of carbonyl (C=O) groups excluding carboxylic acids is 1. The van der Waals surface area contributed by atoms with Crippen LogP contribution in [0.1, 0.15) is 16.2 Å². The number of benzene rings is 1. The molecule has 152 valence electrons. The topological polar surface area (TPSA) is 108 Å². The largest absolute Gasteiger partial charge is 0.465 e. The number of aromatic nitrogens is 4. The van der Waals surface area contributed by atoms with E-state index in [9.17, 15) is 4.79 Å². The van der Waals surface area contributed by atoms with E-state index in [1.165, 1.54) is 13.3 Å². The second-order valence-corrected chi connectivity index (χ2v) is 6.98. The summed E-state index contributed by atoms with van der Waals surface area (Å²) >= 11 is 0. The Hall–Kier alpha value is -3.72. The zero-order chi connectivity index (χ0) is 20.8. The number of hydrogen-bond donors (Lipinski definition) is 2. The zero-order valence-corrected chi connectivity index (χ0v) is 16.1. The molecule has 4 heterocycles. The van der Waals surface area contributed by atoms with Gasteiger partial charge in [0.25, 0.3) is 0 Å². The van der Waals surface area contributed by atoms with Gasteiger partial charge in [-0.15, -0.1) is 0 Å². The molecule has 9 heteroatoms. The van der Waals surface area contributed by atoms with E-state index in [0.29, 0.717) is 53.2 Å². The Labute approximate surface area is 170 Å². The molecule has 0 unspecified atom stereocenters. The second-order valence-electron chi connectivity index (χ2n) is 6.98. The van der Waals surface area contributed by atoms with Gasteiger partial charge < -0.3 is 24.8 Å². The highest BCUT2D eigenvalue weighted by atomic mass is 19.1. The van der Waals surface area contributed by atoms with Crippen LogP contribution in [-0.2, 0) is 22.6 Å². The smallest absolute Gasteiger partial charge is 0.340 e. The molecule has 0 atom stereocenters. The normalized spacial score (nSPS) is 13.4. The molecule has 4 aromatic rings. The minimum Gasteiger partial charge on any atom is -0.465 e. The maximum atomic E-state index is 15.5. The Kier molecular flexibility index (Phi) is 4.25. The van der Waals surface area contributed by atoms with Crippen LogP contribution < -0.4 is 5.73 Å². The molecule has 1 aromatic carbocycles. The van der Waals surface area contributed by atoms with Gasteiger partial charge in [0.1, 0.15) is 24.1 Å². The third-order valence-electron chi connectivity index (χ3n) is 5.23. The van der Waals surface area contributed by atoms with Gasteiger partial charge in [-0.25, -0.2) is 19.2 Å². The number of ether oxygens (including phenoxy) is 2. The molecule has 3 N–H and O–H groups in total. The molecule has 0 radical (unpaired) electrons. The van der Waals surface area contributed by atoms with E-state index >= 15 is 4.39 Å². The SMILES string of the molecule is COC(=O)c1cnc(N)c2[nH]c(-c3cccc(-c4cn5c(n4)COCC5)c3F)cc12. The van der Waals surface area contributed by atoms with Crippen molar-refractivity contribution in [2.75, 3.05) is 19.5 Å². The van der Waals surface area contributed by atoms with Gasteiger partial charge in [-0.2, -0.15) is 0 Å². The third-order valence-corrected chi connectivity index (χ3v) is 5.23. The molecule has 0 amide bonds. The van der Waals surface area contributed by atoms with Crippen LogP contribution in [0.2, 0.25) is 0 Å². The summed E-state index contributed by atoms with van der Waals surface area (Å²) in [7, 11) is 1.29. The van der Waals surface area contributed by atoms with Crippen LogP contribution in [0.3, 0.4) is 0 Å². The molecule has 3 aromatic heterocycles. The molecule has 0 saturated carbocycles. The molecule has 1 aliphatic heterocycles. The molecule has 0 bridgehead atoms. The number of H-pyrrole nitrogens is 1. The summed E-state index contributed by atoms with van der Waals surface area (Å²) in [5.74, 6) is 0.0140. The summed E-state index contributed by atoms with van der Waals surface area (Å²) in [5, 5.41) is 0.517. The lowest BCUT2D eigenvalue weighted by Crippen LogP contribution is -2.15. The first kappa shape index (κ1) is 18.3. The summed E-state index contributed by atoms with van der Waals surface area (Å²) in [6.07, 6.45) is 3.19. The lowest BCUT2D eigenvalue weighted by atomic mass is 10.0. The van der Waals surface area contributed by atoms with Crippen LogP contribution in [0.5, 0.6) is 0 Å². The number of halogens is 1. The molecule has 5 rings (SSSR count). The van der Waals surface area contributed by atoms with Crippen LogP contribution in [0.25, 0.3) is 33.4 Å². The van der Waals surface area contributed by atoms with Gasteiger partial charge in [-0.3, -0.25) is 0 Å². The Morgan fingerprint density at radius 2 is 2.20 bits per heavy atom. The highest BCUT2D eigenvalue weighted by molar-refractivity contribution is 6.07. The predicted molar refractivity (Wildman–Crippen MR) is 108 cm³/mol. The van der Waals surface area contributed by atoms with E-state index in [4.69, 9.17) is 15.2 Å². The van der Waals surface area contributed by atoms with E-state index in [1.54, 1.807) is 24.3 Å². The number of anilines is 1. The number of hydrogen-bond acceptors (Lipinski definition) is 6. The number of rotatable bonds is 3. The maximum absolute atomic E-state index is 15.5. The average Bonchev–Trinajstić information content (AvgIpc) is 3.38. The van der Waals surface area contributed by atoms with Crippen LogP contribution in [0.15, 0.2) is 36.7 Å². The first-order valence-corrected chi connectivity index (χ1v) is 9.35. The molecule has 0 aliphatic carbocycles. The fourth-order valence-corrected chi connectivity index (χ4v) is 3.71. The summed E-state index contributed by atoms with van der Waals surface area (Å²) < 4.78 is 27.7. The van der Waals surface area contributed by atoms with E-state index in [1.807, 2.05) is 10.8 Å². The number of imidazole rings is 1. The maximum Gasteiger partial charge on any atom is 0.340 e. The van der Waals surface area contributed by atoms with Gasteiger partial charge in [0, 0.05) is 41.1 Å². The van der Waals surface area contributed by atoms with Crippen molar-refractivity contribution in [3.8, 4) is 22.5 Å². The van der Waals surface area contributed by atoms with Crippen LogP contribution in [0, 0.1) is 5.82 Å².